The van der Waals surface area contributed by atoms with Crippen LogP contribution in [0.2, 0.25) is 5.02 Å². The van der Waals surface area contributed by atoms with Gasteiger partial charge in [-0.25, -0.2) is 4.79 Å². The molecule has 0 aliphatic rings. The quantitative estimate of drug-likeness (QED) is 0.583. The number of esters is 1. The van der Waals surface area contributed by atoms with E-state index in [1.807, 2.05) is 45.0 Å². The number of hydrogen-bond acceptors (Lipinski definition) is 4. The van der Waals surface area contributed by atoms with Gasteiger partial charge in [0.05, 0.1) is 5.92 Å². The van der Waals surface area contributed by atoms with Crippen molar-refractivity contribution >= 4 is 23.7 Å². The number of carbonyl (C=O) groups is 2. The predicted molar refractivity (Wildman–Crippen MR) is 93.9 cm³/mol. The van der Waals surface area contributed by atoms with Crippen molar-refractivity contribution in [1.82, 2.24) is 5.32 Å². The van der Waals surface area contributed by atoms with E-state index in [0.717, 1.165) is 5.56 Å². The molecule has 1 rings (SSSR count). The van der Waals surface area contributed by atoms with Crippen LogP contribution in [0.3, 0.4) is 0 Å². The summed E-state index contributed by atoms with van der Waals surface area (Å²) in [5, 5.41) is 3.37. The van der Waals surface area contributed by atoms with Crippen LogP contribution < -0.4 is 5.32 Å². The first-order valence-corrected chi connectivity index (χ1v) is 8.49. The fraction of sp³-hybridized carbons (Fsp3) is 0.556. The van der Waals surface area contributed by atoms with Crippen molar-refractivity contribution in [2.45, 2.75) is 46.8 Å². The Balaban J connectivity index is 2.50. The Morgan fingerprint density at radius 3 is 2.12 bits per heavy atom. The molecule has 0 heterocycles. The summed E-state index contributed by atoms with van der Waals surface area (Å²) in [5.41, 5.74) is 1.06. The second-order valence-electron chi connectivity index (χ2n) is 6.44. The van der Waals surface area contributed by atoms with E-state index < -0.39 is 18.4 Å². The summed E-state index contributed by atoms with van der Waals surface area (Å²) < 4.78 is 10.4. The van der Waals surface area contributed by atoms with Crippen LogP contribution in [0.4, 0.5) is 4.79 Å². The number of nitrogens with one attached hydrogen (secondary N) is 1. The zero-order valence-electron chi connectivity index (χ0n) is 14.8. The predicted octanol–water partition coefficient (Wildman–Crippen LogP) is 4.35. The third-order valence-corrected chi connectivity index (χ3v) is 3.71. The largest absolute Gasteiger partial charge is 0.425 e. The van der Waals surface area contributed by atoms with Gasteiger partial charge in [0.2, 0.25) is 0 Å². The summed E-state index contributed by atoms with van der Waals surface area (Å²) in [7, 11) is 0. The Hall–Kier alpha value is -1.75. The SMILES string of the molecule is CC(C)C(=O)O[C@H](OC(=O)NC[C@@H](C)c1ccc(Cl)cc1)C(C)C. The first-order chi connectivity index (χ1) is 11.2. The second-order valence-corrected chi connectivity index (χ2v) is 6.88. The molecule has 0 bridgehead atoms. The minimum Gasteiger partial charge on any atom is -0.425 e. The minimum atomic E-state index is -0.897. The molecule has 1 N–H and O–H groups in total. The average molecular weight is 356 g/mol. The Morgan fingerprint density at radius 1 is 1.04 bits per heavy atom. The third-order valence-electron chi connectivity index (χ3n) is 3.46. The summed E-state index contributed by atoms with van der Waals surface area (Å²) in [6.07, 6.45) is -1.50. The number of rotatable bonds is 7. The van der Waals surface area contributed by atoms with Crippen molar-refractivity contribution in [3.05, 3.63) is 34.9 Å². The van der Waals surface area contributed by atoms with E-state index in [-0.39, 0.29) is 17.8 Å². The highest BCUT2D eigenvalue weighted by Crippen LogP contribution is 2.17. The van der Waals surface area contributed by atoms with Crippen molar-refractivity contribution in [3.63, 3.8) is 0 Å². The molecule has 0 radical (unpaired) electrons. The molecule has 0 unspecified atom stereocenters. The van der Waals surface area contributed by atoms with Gasteiger partial charge >= 0.3 is 12.1 Å². The highest BCUT2D eigenvalue weighted by Gasteiger charge is 2.24. The summed E-state index contributed by atoms with van der Waals surface area (Å²) in [6.45, 7) is 9.50. The van der Waals surface area contributed by atoms with Crippen molar-refractivity contribution in [2.24, 2.45) is 11.8 Å². The van der Waals surface area contributed by atoms with Crippen LogP contribution in [0, 0.1) is 11.8 Å². The van der Waals surface area contributed by atoms with Crippen LogP contribution in [0.5, 0.6) is 0 Å². The Labute approximate surface area is 148 Å². The molecule has 0 saturated carbocycles. The number of benzene rings is 1. The van der Waals surface area contributed by atoms with Crippen molar-refractivity contribution in [2.75, 3.05) is 6.54 Å². The van der Waals surface area contributed by atoms with Crippen LogP contribution in [-0.4, -0.2) is 24.9 Å². The second kappa shape index (κ2) is 9.52. The van der Waals surface area contributed by atoms with Gasteiger partial charge < -0.3 is 14.8 Å². The molecule has 1 aromatic rings. The third kappa shape index (κ3) is 6.79. The smallest absolute Gasteiger partial charge is 0.410 e. The first kappa shape index (κ1) is 20.3. The maximum atomic E-state index is 12.0. The molecule has 0 saturated heterocycles. The zero-order valence-corrected chi connectivity index (χ0v) is 15.6. The standard InChI is InChI=1S/C18H26ClNO4/c1-11(2)16(21)23-17(12(3)4)24-18(22)20-10-13(5)14-6-8-15(19)9-7-14/h6-9,11-13,17H,10H2,1-5H3,(H,20,22)/t13-,17-/m1/s1. The fourth-order valence-corrected chi connectivity index (χ4v) is 1.97. The molecule has 1 amide bonds. The lowest BCUT2D eigenvalue weighted by atomic mass is 10.0. The molecule has 134 valence electrons. The monoisotopic (exact) mass is 355 g/mol. The van der Waals surface area contributed by atoms with Gasteiger partial charge in [-0.05, 0) is 23.6 Å². The van der Waals surface area contributed by atoms with Gasteiger partial charge in [-0.3, -0.25) is 4.79 Å². The van der Waals surface area contributed by atoms with Crippen LogP contribution in [0.25, 0.3) is 0 Å². The van der Waals surface area contributed by atoms with Crippen molar-refractivity contribution < 1.29 is 19.1 Å². The van der Waals surface area contributed by atoms with Crippen LogP contribution in [-0.2, 0) is 14.3 Å². The number of ether oxygens (including phenoxy) is 2. The molecule has 0 fully saturated rings. The molecular weight excluding hydrogens is 330 g/mol. The zero-order chi connectivity index (χ0) is 18.3. The van der Waals surface area contributed by atoms with Gasteiger partial charge in [-0.1, -0.05) is 58.4 Å². The maximum absolute atomic E-state index is 12.0. The van der Waals surface area contributed by atoms with Gasteiger partial charge in [-0.15, -0.1) is 0 Å². The number of halogens is 1. The van der Waals surface area contributed by atoms with E-state index in [4.69, 9.17) is 21.1 Å². The Morgan fingerprint density at radius 2 is 1.62 bits per heavy atom. The molecule has 1 aromatic carbocycles. The number of amides is 1. The fourth-order valence-electron chi connectivity index (χ4n) is 1.84. The molecule has 0 aromatic heterocycles. The minimum absolute atomic E-state index is 0.102. The lowest BCUT2D eigenvalue weighted by Crippen LogP contribution is -2.36. The summed E-state index contributed by atoms with van der Waals surface area (Å²) >= 11 is 5.86. The van der Waals surface area contributed by atoms with Gasteiger partial charge in [0.25, 0.3) is 6.29 Å². The van der Waals surface area contributed by atoms with E-state index in [1.54, 1.807) is 13.8 Å². The van der Waals surface area contributed by atoms with Crippen LogP contribution >= 0.6 is 11.6 Å². The van der Waals surface area contributed by atoms with Crippen LogP contribution in [0.15, 0.2) is 24.3 Å². The normalized spacial score (nSPS) is 13.5. The van der Waals surface area contributed by atoms with E-state index >= 15 is 0 Å². The van der Waals surface area contributed by atoms with E-state index in [1.165, 1.54) is 0 Å². The lowest BCUT2D eigenvalue weighted by Gasteiger charge is -2.23. The topological polar surface area (TPSA) is 64.6 Å². The molecule has 0 aliphatic heterocycles. The van der Waals surface area contributed by atoms with Crippen molar-refractivity contribution in [3.8, 4) is 0 Å². The molecule has 5 nitrogen and oxygen atoms in total. The maximum Gasteiger partial charge on any atom is 0.410 e. The number of carbonyl (C=O) groups excluding carboxylic acids is 2. The molecule has 6 heteroatoms. The molecular formula is C18H26ClNO4. The van der Waals surface area contributed by atoms with Gasteiger partial charge in [0.15, 0.2) is 0 Å². The van der Waals surface area contributed by atoms with Gasteiger partial charge in [0.1, 0.15) is 0 Å². The molecule has 2 atom stereocenters. The summed E-state index contributed by atoms with van der Waals surface area (Å²) in [5.74, 6) is -0.698. The Kier molecular flexibility index (Phi) is 8.05. The number of hydrogen-bond donors (Lipinski definition) is 1. The van der Waals surface area contributed by atoms with Crippen molar-refractivity contribution in [1.29, 1.82) is 0 Å². The van der Waals surface area contributed by atoms with E-state index in [2.05, 4.69) is 5.32 Å². The first-order valence-electron chi connectivity index (χ1n) is 8.11. The molecule has 0 aliphatic carbocycles. The van der Waals surface area contributed by atoms with E-state index in [9.17, 15) is 9.59 Å². The highest BCUT2D eigenvalue weighted by molar-refractivity contribution is 6.30. The van der Waals surface area contributed by atoms with E-state index in [0.29, 0.717) is 11.6 Å². The Bertz CT molecular complexity index is 542. The van der Waals surface area contributed by atoms with Gasteiger partial charge in [-0.2, -0.15) is 0 Å². The highest BCUT2D eigenvalue weighted by atomic mass is 35.5. The molecule has 0 spiro atoms. The average Bonchev–Trinajstić information content (AvgIpc) is 2.52. The summed E-state index contributed by atoms with van der Waals surface area (Å²) in [6, 6.07) is 7.46. The summed E-state index contributed by atoms with van der Waals surface area (Å²) in [4.78, 5) is 23.6. The van der Waals surface area contributed by atoms with Gasteiger partial charge in [0, 0.05) is 17.5 Å². The van der Waals surface area contributed by atoms with Crippen LogP contribution in [0.1, 0.15) is 46.1 Å². The number of alkyl carbamates (subject to hydrolysis) is 1. The lowest BCUT2D eigenvalue weighted by molar-refractivity contribution is -0.178. The molecule has 24 heavy (non-hydrogen) atoms.